The smallest absolute Gasteiger partial charge is 0.408 e. The van der Waals surface area contributed by atoms with Crippen LogP contribution in [0.4, 0.5) is 4.79 Å². The summed E-state index contributed by atoms with van der Waals surface area (Å²) >= 11 is 0. The van der Waals surface area contributed by atoms with Crippen LogP contribution in [0.25, 0.3) is 0 Å². The van der Waals surface area contributed by atoms with E-state index in [1.807, 2.05) is 115 Å². The van der Waals surface area contributed by atoms with Crippen molar-refractivity contribution in [2.24, 2.45) is 0 Å². The Morgan fingerprint density at radius 1 is 0.700 bits per heavy atom. The third-order valence-electron chi connectivity index (χ3n) is 6.18. The predicted molar refractivity (Wildman–Crippen MR) is 159 cm³/mol. The van der Waals surface area contributed by atoms with Gasteiger partial charge in [-0.05, 0) is 31.9 Å². The molecular weight excluding hydrogens is 521 g/mol. The maximum Gasteiger partial charge on any atom is 0.408 e. The first-order valence-corrected chi connectivity index (χ1v) is 14.9. The second-order valence-corrected chi connectivity index (χ2v) is 13.2. The van der Waals surface area contributed by atoms with Crippen LogP contribution in [-0.2, 0) is 31.9 Å². The minimum absolute atomic E-state index is 0.00137. The summed E-state index contributed by atoms with van der Waals surface area (Å²) in [5.41, 5.74) is 0.911. The van der Waals surface area contributed by atoms with E-state index in [9.17, 15) is 14.2 Å². The molecule has 206 valence electrons. The van der Waals surface area contributed by atoms with E-state index >= 15 is 0 Å². The zero-order valence-corrected chi connectivity index (χ0v) is 23.8. The van der Waals surface area contributed by atoms with Crippen molar-refractivity contribution in [1.29, 1.82) is 0 Å². The van der Waals surface area contributed by atoms with Gasteiger partial charge in [0, 0.05) is 22.3 Å². The quantitative estimate of drug-likeness (QED) is 0.218. The third-order valence-corrected chi connectivity index (χ3v) is 9.25. The summed E-state index contributed by atoms with van der Waals surface area (Å²) in [6, 6.07) is 34.6. The molecule has 4 rings (SSSR count). The van der Waals surface area contributed by atoms with Crippen LogP contribution in [0.5, 0.6) is 0 Å². The van der Waals surface area contributed by atoms with Crippen molar-refractivity contribution in [3.8, 4) is 0 Å². The molecule has 4 aromatic rings. The average Bonchev–Trinajstić information content (AvgIpc) is 2.96. The molecular formula is C33H34NO5P. The summed E-state index contributed by atoms with van der Waals surface area (Å²) in [5, 5.41) is 4.83. The van der Waals surface area contributed by atoms with Crippen molar-refractivity contribution in [1.82, 2.24) is 5.32 Å². The van der Waals surface area contributed by atoms with E-state index in [0.29, 0.717) is 5.30 Å². The number of carbonyl (C=O) groups excluding carboxylic acids is 2. The Kier molecular flexibility index (Phi) is 9.23. The van der Waals surface area contributed by atoms with Gasteiger partial charge in [0.05, 0.1) is 0 Å². The van der Waals surface area contributed by atoms with Crippen LogP contribution in [0, 0.1) is 0 Å². The van der Waals surface area contributed by atoms with E-state index in [-0.39, 0.29) is 13.0 Å². The summed E-state index contributed by atoms with van der Waals surface area (Å²) in [6.45, 7) is 5.28. The molecule has 0 spiro atoms. The Morgan fingerprint density at radius 3 is 1.68 bits per heavy atom. The van der Waals surface area contributed by atoms with E-state index in [1.165, 1.54) is 0 Å². The fourth-order valence-corrected chi connectivity index (χ4v) is 6.92. The zero-order chi connectivity index (χ0) is 28.6. The van der Waals surface area contributed by atoms with Crippen molar-refractivity contribution in [2.75, 3.05) is 0 Å². The molecule has 0 fully saturated rings. The van der Waals surface area contributed by atoms with Crippen LogP contribution < -0.4 is 21.2 Å². The summed E-state index contributed by atoms with van der Waals surface area (Å²) < 4.78 is 25.5. The van der Waals surface area contributed by atoms with Gasteiger partial charge in [0.2, 0.25) is 0 Å². The molecule has 0 unspecified atom stereocenters. The lowest BCUT2D eigenvalue weighted by molar-refractivity contribution is -0.147. The topological polar surface area (TPSA) is 81.7 Å². The van der Waals surface area contributed by atoms with Crippen molar-refractivity contribution in [3.63, 3.8) is 0 Å². The lowest BCUT2D eigenvalue weighted by Gasteiger charge is -2.23. The first kappa shape index (κ1) is 28.8. The van der Waals surface area contributed by atoms with Gasteiger partial charge in [0.25, 0.3) is 0 Å². The number of amides is 1. The molecule has 0 saturated carbocycles. The Morgan fingerprint density at radius 2 is 1.18 bits per heavy atom. The normalized spacial score (nSPS) is 12.3. The van der Waals surface area contributed by atoms with Crippen LogP contribution in [0.15, 0.2) is 115 Å². The summed E-state index contributed by atoms with van der Waals surface area (Å²) in [5.74, 6) is -0.571. The lowest BCUT2D eigenvalue weighted by atomic mass is 10.1. The molecule has 0 aliphatic carbocycles. The number of carbonyl (C=O) groups is 2. The molecule has 0 aliphatic heterocycles. The predicted octanol–water partition coefficient (Wildman–Crippen LogP) is 5.51. The zero-order valence-electron chi connectivity index (χ0n) is 22.9. The highest BCUT2D eigenvalue weighted by atomic mass is 31.2. The number of benzene rings is 4. The van der Waals surface area contributed by atoms with Gasteiger partial charge in [-0.25, -0.2) is 9.59 Å². The second kappa shape index (κ2) is 12.8. The van der Waals surface area contributed by atoms with Gasteiger partial charge < -0.3 is 19.4 Å². The molecule has 0 aliphatic rings. The number of hydrogen-bond acceptors (Lipinski definition) is 5. The van der Waals surface area contributed by atoms with Gasteiger partial charge >= 0.3 is 12.1 Å². The van der Waals surface area contributed by atoms with Crippen LogP contribution in [-0.4, -0.2) is 23.7 Å². The maximum absolute atomic E-state index is 14.5. The highest BCUT2D eigenvalue weighted by molar-refractivity contribution is 7.85. The second-order valence-electron chi connectivity index (χ2n) is 10.4. The van der Waals surface area contributed by atoms with Gasteiger partial charge in [-0.15, -0.1) is 0 Å². The Bertz CT molecular complexity index is 1410. The Hall–Kier alpha value is -4.15. The van der Waals surface area contributed by atoms with E-state index in [2.05, 4.69) is 5.32 Å². The molecule has 0 radical (unpaired) electrons. The fraction of sp³-hybridized carbons (Fsp3) is 0.212. The van der Waals surface area contributed by atoms with Gasteiger partial charge in [-0.2, -0.15) is 0 Å². The molecule has 6 nitrogen and oxygen atoms in total. The van der Waals surface area contributed by atoms with Crippen molar-refractivity contribution in [3.05, 3.63) is 126 Å². The molecule has 0 saturated heterocycles. The molecule has 1 atom stereocenters. The highest BCUT2D eigenvalue weighted by Crippen LogP contribution is 2.42. The molecule has 1 amide bonds. The maximum atomic E-state index is 14.5. The van der Waals surface area contributed by atoms with Gasteiger partial charge in [-0.1, -0.05) is 115 Å². The van der Waals surface area contributed by atoms with Gasteiger partial charge in [0.15, 0.2) is 7.14 Å². The molecule has 0 aromatic heterocycles. The summed E-state index contributed by atoms with van der Waals surface area (Å²) in [6.07, 6.45) is -0.429. The van der Waals surface area contributed by atoms with E-state index in [4.69, 9.17) is 9.47 Å². The first-order chi connectivity index (χ1) is 19.1. The van der Waals surface area contributed by atoms with E-state index < -0.39 is 30.8 Å². The number of ether oxygens (including phenoxy) is 2. The standard InChI is InChI=1S/C33H34NO5P/c1-33(2,3)39-32(36)34-30(23-25-13-7-4-8-14-25)31(35)38-24-26-19-21-29(22-20-26)40(37,27-15-9-5-10-16-27)28-17-11-6-12-18-28/h4-22,30H,23-24H2,1-3H3,(H,34,36)/t30-/m0/s1. The summed E-state index contributed by atoms with van der Waals surface area (Å²) in [7, 11) is -3.09. The van der Waals surface area contributed by atoms with Crippen LogP contribution >= 0.6 is 7.14 Å². The van der Waals surface area contributed by atoms with E-state index in [1.54, 1.807) is 20.8 Å². The minimum Gasteiger partial charge on any atom is -0.459 e. The molecule has 0 bridgehead atoms. The molecule has 1 N–H and O–H groups in total. The number of rotatable bonds is 9. The lowest BCUT2D eigenvalue weighted by Crippen LogP contribution is -2.45. The fourth-order valence-electron chi connectivity index (χ4n) is 4.27. The molecule has 4 aromatic carbocycles. The largest absolute Gasteiger partial charge is 0.459 e. The monoisotopic (exact) mass is 555 g/mol. The Labute approximate surface area is 235 Å². The van der Waals surface area contributed by atoms with Crippen LogP contribution in [0.1, 0.15) is 31.9 Å². The molecule has 0 heterocycles. The van der Waals surface area contributed by atoms with Gasteiger partial charge in [-0.3, -0.25) is 0 Å². The third kappa shape index (κ3) is 7.49. The van der Waals surface area contributed by atoms with Crippen molar-refractivity contribution >= 4 is 35.1 Å². The number of nitrogens with one attached hydrogen (secondary N) is 1. The average molecular weight is 556 g/mol. The van der Waals surface area contributed by atoms with Crippen LogP contribution in [0.2, 0.25) is 0 Å². The minimum atomic E-state index is -3.09. The number of esters is 1. The highest BCUT2D eigenvalue weighted by Gasteiger charge is 2.30. The molecule has 40 heavy (non-hydrogen) atoms. The first-order valence-electron chi connectivity index (χ1n) is 13.2. The Balaban J connectivity index is 1.50. The summed E-state index contributed by atoms with van der Waals surface area (Å²) in [4.78, 5) is 25.5. The van der Waals surface area contributed by atoms with Crippen molar-refractivity contribution in [2.45, 2.75) is 45.4 Å². The van der Waals surface area contributed by atoms with Crippen LogP contribution in [0.3, 0.4) is 0 Å². The molecule has 7 heteroatoms. The van der Waals surface area contributed by atoms with Gasteiger partial charge in [0.1, 0.15) is 18.2 Å². The SMILES string of the molecule is CC(C)(C)OC(=O)N[C@@H](Cc1ccccc1)C(=O)OCc1ccc(P(=O)(c2ccccc2)c2ccccc2)cc1. The van der Waals surface area contributed by atoms with E-state index in [0.717, 1.165) is 21.7 Å². The number of alkyl carbamates (subject to hydrolysis) is 1. The van der Waals surface area contributed by atoms with Crippen molar-refractivity contribution < 1.29 is 23.6 Å². The number of hydrogen-bond donors (Lipinski definition) is 1.